The van der Waals surface area contributed by atoms with Crippen LogP contribution in [-0.4, -0.2) is 56.2 Å². The number of aromatic amines is 2. The smallest absolute Gasteiger partial charge is 0.323 e. The zero-order valence-electron chi connectivity index (χ0n) is 18.5. The first-order valence-electron chi connectivity index (χ1n) is 10.9. The average Bonchev–Trinajstić information content (AvgIpc) is 3.58. The number of aromatic nitrogens is 5. The number of methoxy groups -OCH3 is 1. The van der Waals surface area contributed by atoms with Crippen molar-refractivity contribution >= 4 is 34.4 Å². The number of nitrogens with one attached hydrogen (secondary N) is 3. The molecule has 1 atom stereocenters. The van der Waals surface area contributed by atoms with Crippen molar-refractivity contribution in [3.63, 3.8) is 0 Å². The number of carbonyl (C=O) groups is 1. The van der Waals surface area contributed by atoms with E-state index in [-0.39, 0.29) is 23.5 Å². The molecule has 0 unspecified atom stereocenters. The number of fused-ring (bicyclic) bond motifs is 1. The van der Waals surface area contributed by atoms with E-state index in [1.165, 1.54) is 11.8 Å². The molecule has 0 saturated carbocycles. The highest BCUT2D eigenvalue weighted by Gasteiger charge is 2.22. The Morgan fingerprint density at radius 3 is 2.79 bits per heavy atom. The maximum absolute atomic E-state index is 12.6. The van der Waals surface area contributed by atoms with Crippen LogP contribution in [0, 0.1) is 0 Å². The van der Waals surface area contributed by atoms with Crippen molar-refractivity contribution in [3.05, 3.63) is 52.9 Å². The number of amides is 1. The molecule has 2 aromatic heterocycles. The molecule has 3 N–H and O–H groups in total. The summed E-state index contributed by atoms with van der Waals surface area (Å²) in [6, 6.07) is 12.9. The summed E-state index contributed by atoms with van der Waals surface area (Å²) in [7, 11) is 1.63. The predicted molar refractivity (Wildman–Crippen MR) is 129 cm³/mol. The zero-order chi connectivity index (χ0) is 23.5. The molecule has 0 spiro atoms. The number of benzene rings is 2. The second kappa shape index (κ2) is 9.74. The molecule has 0 bridgehead atoms. The van der Waals surface area contributed by atoms with Crippen LogP contribution in [-0.2, 0) is 16.1 Å². The number of carbonyl (C=O) groups excluding carboxylic acids is 1. The van der Waals surface area contributed by atoms with E-state index >= 15 is 0 Å². The van der Waals surface area contributed by atoms with Gasteiger partial charge in [-0.15, -0.1) is 10.2 Å². The van der Waals surface area contributed by atoms with E-state index in [0.29, 0.717) is 28.4 Å². The summed E-state index contributed by atoms with van der Waals surface area (Å²) in [4.78, 5) is 29.4. The van der Waals surface area contributed by atoms with E-state index in [4.69, 9.17) is 9.47 Å². The fourth-order valence-corrected chi connectivity index (χ4v) is 4.69. The molecule has 4 aromatic rings. The summed E-state index contributed by atoms with van der Waals surface area (Å²) >= 11 is 1.32. The maximum Gasteiger partial charge on any atom is 0.323 e. The predicted octanol–water partition coefficient (Wildman–Crippen LogP) is 3.03. The Morgan fingerprint density at radius 1 is 1.21 bits per heavy atom. The van der Waals surface area contributed by atoms with Gasteiger partial charge in [0, 0.05) is 17.9 Å². The van der Waals surface area contributed by atoms with Gasteiger partial charge in [0.15, 0.2) is 11.0 Å². The monoisotopic (exact) mass is 480 g/mol. The highest BCUT2D eigenvalue weighted by molar-refractivity contribution is 7.99. The summed E-state index contributed by atoms with van der Waals surface area (Å²) in [5.74, 6) is 1.47. The van der Waals surface area contributed by atoms with Gasteiger partial charge < -0.3 is 24.8 Å². The van der Waals surface area contributed by atoms with Gasteiger partial charge in [0.05, 0.1) is 36.5 Å². The minimum Gasteiger partial charge on any atom is -0.497 e. The fraction of sp³-hybridized carbons (Fsp3) is 0.304. The Labute approximate surface area is 199 Å². The number of imidazole rings is 1. The average molecular weight is 481 g/mol. The molecule has 34 heavy (non-hydrogen) atoms. The largest absolute Gasteiger partial charge is 0.497 e. The first kappa shape index (κ1) is 22.2. The van der Waals surface area contributed by atoms with Gasteiger partial charge in [0.25, 0.3) is 0 Å². The number of hydrogen-bond donors (Lipinski definition) is 3. The summed E-state index contributed by atoms with van der Waals surface area (Å²) in [5.41, 5.74) is 2.55. The van der Waals surface area contributed by atoms with Gasteiger partial charge in [-0.3, -0.25) is 9.36 Å². The maximum atomic E-state index is 12.6. The Balaban J connectivity index is 1.31. The number of anilines is 1. The number of hydrogen-bond acceptors (Lipinski definition) is 7. The van der Waals surface area contributed by atoms with Crippen LogP contribution in [0.3, 0.4) is 0 Å². The summed E-state index contributed by atoms with van der Waals surface area (Å²) in [6.45, 7) is 1.38. The topological polar surface area (TPSA) is 127 Å². The van der Waals surface area contributed by atoms with E-state index < -0.39 is 0 Å². The van der Waals surface area contributed by atoms with Gasteiger partial charge in [-0.25, -0.2) is 4.79 Å². The Hall–Kier alpha value is -3.57. The van der Waals surface area contributed by atoms with Gasteiger partial charge in [-0.05, 0) is 55.3 Å². The third-order valence-electron chi connectivity index (χ3n) is 5.61. The van der Waals surface area contributed by atoms with Crippen LogP contribution >= 0.6 is 11.8 Å². The lowest BCUT2D eigenvalue weighted by molar-refractivity contribution is -0.113. The number of rotatable bonds is 8. The fourth-order valence-electron chi connectivity index (χ4n) is 3.94. The summed E-state index contributed by atoms with van der Waals surface area (Å²) in [6.07, 6.45) is 2.11. The van der Waals surface area contributed by atoms with Crippen LogP contribution in [0.1, 0.15) is 12.8 Å². The normalized spacial score (nSPS) is 15.6. The Morgan fingerprint density at radius 2 is 2.03 bits per heavy atom. The molecular weight excluding hydrogens is 456 g/mol. The van der Waals surface area contributed by atoms with Crippen LogP contribution in [0.25, 0.3) is 22.4 Å². The Bertz CT molecular complexity index is 1350. The molecule has 1 aliphatic rings. The van der Waals surface area contributed by atoms with E-state index in [1.807, 2.05) is 28.8 Å². The van der Waals surface area contributed by atoms with Crippen molar-refractivity contribution in [3.8, 4) is 17.1 Å². The molecule has 176 valence electrons. The lowest BCUT2D eigenvalue weighted by Crippen LogP contribution is -2.18. The van der Waals surface area contributed by atoms with Gasteiger partial charge in [-0.1, -0.05) is 11.8 Å². The van der Waals surface area contributed by atoms with Gasteiger partial charge in [0.1, 0.15) is 5.75 Å². The van der Waals surface area contributed by atoms with E-state index in [1.54, 1.807) is 25.3 Å². The van der Waals surface area contributed by atoms with Crippen LogP contribution in [0.4, 0.5) is 5.69 Å². The van der Waals surface area contributed by atoms with Crippen LogP contribution in [0.5, 0.6) is 5.75 Å². The molecule has 3 heterocycles. The second-order valence-corrected chi connectivity index (χ2v) is 8.90. The molecule has 11 heteroatoms. The minimum absolute atomic E-state index is 0.0939. The highest BCUT2D eigenvalue weighted by Crippen LogP contribution is 2.28. The quantitative estimate of drug-likeness (QED) is 0.331. The number of nitrogens with zero attached hydrogens (tertiary/aromatic N) is 3. The lowest BCUT2D eigenvalue weighted by Gasteiger charge is -2.15. The lowest BCUT2D eigenvalue weighted by atomic mass is 10.2. The molecule has 1 aliphatic heterocycles. The van der Waals surface area contributed by atoms with Gasteiger partial charge >= 0.3 is 5.69 Å². The molecule has 1 fully saturated rings. The standard InChI is InChI=1S/C23H24N6O4S/c1-32-16-7-4-14(5-8-16)21-27-28-23(29(21)12-17-3-2-10-33-17)34-13-20(30)24-15-6-9-18-19(11-15)26-22(31)25-18/h4-9,11,17H,2-3,10,12-13H2,1H3,(H,24,30)(H2,25,26,31)/t17-/m0/s1. The van der Waals surface area contributed by atoms with E-state index in [0.717, 1.165) is 36.6 Å². The van der Waals surface area contributed by atoms with Crippen molar-refractivity contribution in [1.82, 2.24) is 24.7 Å². The van der Waals surface area contributed by atoms with Crippen molar-refractivity contribution in [2.45, 2.75) is 30.6 Å². The first-order chi connectivity index (χ1) is 16.6. The van der Waals surface area contributed by atoms with Crippen molar-refractivity contribution in [2.24, 2.45) is 0 Å². The molecule has 1 saturated heterocycles. The number of thioether (sulfide) groups is 1. The first-order valence-corrected chi connectivity index (χ1v) is 11.9. The Kier molecular flexibility index (Phi) is 6.37. The SMILES string of the molecule is COc1ccc(-c2nnc(SCC(=O)Nc3ccc4[nH]c(=O)[nH]c4c3)n2C[C@@H]2CCCO2)cc1. The van der Waals surface area contributed by atoms with Crippen molar-refractivity contribution < 1.29 is 14.3 Å². The second-order valence-electron chi connectivity index (χ2n) is 7.96. The molecule has 0 aliphatic carbocycles. The zero-order valence-corrected chi connectivity index (χ0v) is 19.4. The van der Waals surface area contributed by atoms with E-state index in [9.17, 15) is 9.59 Å². The van der Waals surface area contributed by atoms with Crippen molar-refractivity contribution in [1.29, 1.82) is 0 Å². The van der Waals surface area contributed by atoms with Crippen molar-refractivity contribution in [2.75, 3.05) is 24.8 Å². The third-order valence-corrected chi connectivity index (χ3v) is 6.57. The van der Waals surface area contributed by atoms with Gasteiger partial charge in [0.2, 0.25) is 5.91 Å². The number of H-pyrrole nitrogens is 2. The molecule has 10 nitrogen and oxygen atoms in total. The van der Waals surface area contributed by atoms with Crippen LogP contribution in [0.2, 0.25) is 0 Å². The van der Waals surface area contributed by atoms with E-state index in [2.05, 4.69) is 25.5 Å². The minimum atomic E-state index is -0.285. The molecular formula is C23H24N6O4S. The summed E-state index contributed by atoms with van der Waals surface area (Å²) in [5, 5.41) is 12.3. The number of ether oxygens (including phenoxy) is 2. The third kappa shape index (κ3) is 4.85. The molecule has 0 radical (unpaired) electrons. The highest BCUT2D eigenvalue weighted by atomic mass is 32.2. The molecule has 1 amide bonds. The summed E-state index contributed by atoms with van der Waals surface area (Å²) < 4.78 is 13.1. The van der Waals surface area contributed by atoms with Crippen LogP contribution < -0.4 is 15.7 Å². The molecule has 2 aromatic carbocycles. The van der Waals surface area contributed by atoms with Gasteiger partial charge in [-0.2, -0.15) is 0 Å². The van der Waals surface area contributed by atoms with Crippen LogP contribution in [0.15, 0.2) is 52.4 Å². The molecule has 5 rings (SSSR count).